The predicted molar refractivity (Wildman–Crippen MR) is 82.0 cm³/mol. The Morgan fingerprint density at radius 2 is 1.75 bits per heavy atom. The first-order chi connectivity index (χ1) is 9.49. The van der Waals surface area contributed by atoms with Gasteiger partial charge in [0.2, 0.25) is 0 Å². The summed E-state index contributed by atoms with van der Waals surface area (Å²) in [5, 5.41) is 0.510. The summed E-state index contributed by atoms with van der Waals surface area (Å²) in [5.41, 5.74) is 3.98. The van der Waals surface area contributed by atoms with Crippen molar-refractivity contribution < 1.29 is 9.53 Å². The average Bonchev–Trinajstić information content (AvgIpc) is 2.37. The third kappa shape index (κ3) is 3.40. The van der Waals surface area contributed by atoms with Crippen LogP contribution in [0.1, 0.15) is 27.0 Å². The molecular formula is C17H17ClO2. The lowest BCUT2D eigenvalue weighted by molar-refractivity contribution is 0.0992. The lowest BCUT2D eigenvalue weighted by Crippen LogP contribution is -2.04. The zero-order chi connectivity index (χ0) is 14.7. The number of halogens is 1. The van der Waals surface area contributed by atoms with E-state index in [0.717, 1.165) is 5.56 Å². The molecule has 20 heavy (non-hydrogen) atoms. The van der Waals surface area contributed by atoms with Gasteiger partial charge in [0.25, 0.3) is 0 Å². The van der Waals surface area contributed by atoms with Crippen molar-refractivity contribution in [1.82, 2.24) is 0 Å². The Balaban J connectivity index is 2.23. The number of ketones is 1. The minimum Gasteiger partial charge on any atom is -0.495 e. The molecule has 0 aliphatic rings. The van der Waals surface area contributed by atoms with Crippen molar-refractivity contribution in [3.05, 3.63) is 63.7 Å². The van der Waals surface area contributed by atoms with Gasteiger partial charge in [0.1, 0.15) is 5.75 Å². The average molecular weight is 289 g/mol. The highest BCUT2D eigenvalue weighted by Gasteiger charge is 2.10. The van der Waals surface area contributed by atoms with E-state index in [1.54, 1.807) is 25.3 Å². The van der Waals surface area contributed by atoms with Gasteiger partial charge in [0.05, 0.1) is 12.1 Å². The van der Waals surface area contributed by atoms with Crippen LogP contribution in [0.2, 0.25) is 5.02 Å². The van der Waals surface area contributed by atoms with Crippen molar-refractivity contribution >= 4 is 17.4 Å². The molecular weight excluding hydrogens is 272 g/mol. The van der Waals surface area contributed by atoms with Crippen LogP contribution in [0, 0.1) is 13.8 Å². The van der Waals surface area contributed by atoms with Gasteiger partial charge in [-0.1, -0.05) is 40.9 Å². The Hall–Kier alpha value is -1.80. The first-order valence-electron chi connectivity index (χ1n) is 6.43. The molecule has 0 saturated heterocycles. The highest BCUT2D eigenvalue weighted by Crippen LogP contribution is 2.25. The molecule has 0 saturated carbocycles. The summed E-state index contributed by atoms with van der Waals surface area (Å²) in [6.07, 6.45) is 0.382. The summed E-state index contributed by atoms with van der Waals surface area (Å²) >= 11 is 5.97. The van der Waals surface area contributed by atoms with Crippen LogP contribution in [0.15, 0.2) is 36.4 Å². The Kier molecular flexibility index (Phi) is 4.46. The second kappa shape index (κ2) is 6.10. The highest BCUT2D eigenvalue weighted by atomic mass is 35.5. The van der Waals surface area contributed by atoms with E-state index in [2.05, 4.69) is 6.07 Å². The maximum Gasteiger partial charge on any atom is 0.167 e. The number of hydrogen-bond donors (Lipinski definition) is 0. The van der Waals surface area contributed by atoms with Gasteiger partial charge in [-0.15, -0.1) is 0 Å². The smallest absolute Gasteiger partial charge is 0.167 e. The van der Waals surface area contributed by atoms with E-state index < -0.39 is 0 Å². The first-order valence-corrected chi connectivity index (χ1v) is 6.81. The summed E-state index contributed by atoms with van der Waals surface area (Å²) in [6.45, 7) is 4.07. The van der Waals surface area contributed by atoms with Gasteiger partial charge in [-0.25, -0.2) is 0 Å². The van der Waals surface area contributed by atoms with Gasteiger partial charge in [-0.2, -0.15) is 0 Å². The van der Waals surface area contributed by atoms with Gasteiger partial charge in [-0.3, -0.25) is 4.79 Å². The number of Topliss-reactive ketones (excluding diaryl/α,β-unsaturated/α-hetero) is 1. The van der Waals surface area contributed by atoms with Gasteiger partial charge in [0, 0.05) is 12.0 Å². The molecule has 2 aromatic rings. The Labute approximate surface area is 124 Å². The molecule has 0 bridgehead atoms. The van der Waals surface area contributed by atoms with E-state index in [4.69, 9.17) is 16.3 Å². The number of rotatable bonds is 4. The Morgan fingerprint density at radius 3 is 2.35 bits per heavy atom. The fourth-order valence-corrected chi connectivity index (χ4v) is 2.49. The standard InChI is InChI=1S/C17H17ClO2/c1-11-6-12(2)8-13(7-11)9-16(19)14-4-5-15(18)17(10-14)20-3/h4-8,10H,9H2,1-3H3. The molecule has 2 nitrogen and oxygen atoms in total. The fraction of sp³-hybridized carbons (Fsp3) is 0.235. The van der Waals surface area contributed by atoms with Crippen molar-refractivity contribution in [2.75, 3.05) is 7.11 Å². The van der Waals surface area contributed by atoms with Crippen LogP contribution in [0.5, 0.6) is 5.75 Å². The number of benzene rings is 2. The molecule has 0 radical (unpaired) electrons. The molecule has 2 aromatic carbocycles. The zero-order valence-electron chi connectivity index (χ0n) is 11.9. The van der Waals surface area contributed by atoms with Crippen LogP contribution in [0.4, 0.5) is 0 Å². The summed E-state index contributed by atoms with van der Waals surface area (Å²) in [4.78, 5) is 12.3. The van der Waals surface area contributed by atoms with Crippen LogP contribution in [0.3, 0.4) is 0 Å². The molecule has 0 fully saturated rings. The summed E-state index contributed by atoms with van der Waals surface area (Å²) < 4.78 is 5.14. The molecule has 0 unspecified atom stereocenters. The second-order valence-corrected chi connectivity index (χ2v) is 5.35. The Morgan fingerprint density at radius 1 is 1.10 bits per heavy atom. The maximum absolute atomic E-state index is 12.3. The third-order valence-electron chi connectivity index (χ3n) is 3.12. The molecule has 0 heterocycles. The van der Waals surface area contributed by atoms with Crippen LogP contribution in [-0.2, 0) is 6.42 Å². The number of aryl methyl sites for hydroxylation is 2. The van der Waals surface area contributed by atoms with Crippen molar-refractivity contribution in [3.63, 3.8) is 0 Å². The predicted octanol–water partition coefficient (Wildman–Crippen LogP) is 4.39. The van der Waals surface area contributed by atoms with E-state index in [9.17, 15) is 4.79 Å². The molecule has 2 rings (SSSR count). The molecule has 0 atom stereocenters. The van der Waals surface area contributed by atoms with Crippen LogP contribution in [-0.4, -0.2) is 12.9 Å². The van der Waals surface area contributed by atoms with Crippen molar-refractivity contribution in [2.45, 2.75) is 20.3 Å². The summed E-state index contributed by atoms with van der Waals surface area (Å²) in [6, 6.07) is 11.3. The van der Waals surface area contributed by atoms with E-state index in [1.807, 2.05) is 26.0 Å². The van der Waals surface area contributed by atoms with Gasteiger partial charge in [-0.05, 0) is 37.6 Å². The minimum absolute atomic E-state index is 0.0602. The Bertz CT molecular complexity index is 627. The number of carbonyl (C=O) groups excluding carboxylic acids is 1. The summed E-state index contributed by atoms with van der Waals surface area (Å²) in [7, 11) is 1.54. The molecule has 0 aromatic heterocycles. The van der Waals surface area contributed by atoms with Crippen molar-refractivity contribution in [1.29, 1.82) is 0 Å². The number of carbonyl (C=O) groups is 1. The molecule has 0 spiro atoms. The first kappa shape index (κ1) is 14.6. The van der Waals surface area contributed by atoms with Crippen LogP contribution >= 0.6 is 11.6 Å². The van der Waals surface area contributed by atoms with E-state index in [-0.39, 0.29) is 5.78 Å². The maximum atomic E-state index is 12.3. The van der Waals surface area contributed by atoms with Gasteiger partial charge >= 0.3 is 0 Å². The quantitative estimate of drug-likeness (QED) is 0.780. The van der Waals surface area contributed by atoms with Crippen LogP contribution < -0.4 is 4.74 Å². The van der Waals surface area contributed by atoms with Crippen molar-refractivity contribution in [3.8, 4) is 5.75 Å². The molecule has 3 heteroatoms. The summed E-state index contributed by atoms with van der Waals surface area (Å²) in [5.74, 6) is 0.586. The lowest BCUT2D eigenvalue weighted by atomic mass is 9.99. The van der Waals surface area contributed by atoms with E-state index in [0.29, 0.717) is 22.8 Å². The molecule has 104 valence electrons. The van der Waals surface area contributed by atoms with Crippen LogP contribution in [0.25, 0.3) is 0 Å². The molecule has 0 aliphatic carbocycles. The number of methoxy groups -OCH3 is 1. The lowest BCUT2D eigenvalue weighted by Gasteiger charge is -2.07. The SMILES string of the molecule is COc1cc(C(=O)Cc2cc(C)cc(C)c2)ccc1Cl. The largest absolute Gasteiger partial charge is 0.495 e. The fourth-order valence-electron chi connectivity index (χ4n) is 2.29. The molecule has 0 N–H and O–H groups in total. The van der Waals surface area contributed by atoms with E-state index in [1.165, 1.54) is 11.1 Å². The third-order valence-corrected chi connectivity index (χ3v) is 3.43. The zero-order valence-corrected chi connectivity index (χ0v) is 12.6. The highest BCUT2D eigenvalue weighted by molar-refractivity contribution is 6.32. The molecule has 0 aliphatic heterocycles. The molecule has 0 amide bonds. The van der Waals surface area contributed by atoms with Gasteiger partial charge < -0.3 is 4.74 Å². The van der Waals surface area contributed by atoms with Gasteiger partial charge in [0.15, 0.2) is 5.78 Å². The normalized spacial score (nSPS) is 10.4. The topological polar surface area (TPSA) is 26.3 Å². The monoisotopic (exact) mass is 288 g/mol. The van der Waals surface area contributed by atoms with E-state index >= 15 is 0 Å². The minimum atomic E-state index is 0.0602. The number of hydrogen-bond acceptors (Lipinski definition) is 2. The van der Waals surface area contributed by atoms with Crippen molar-refractivity contribution in [2.24, 2.45) is 0 Å². The second-order valence-electron chi connectivity index (χ2n) is 4.95. The number of ether oxygens (including phenoxy) is 1.